The normalized spacial score (nSPS) is 16.4. The molecule has 5 aromatic rings. The van der Waals surface area contributed by atoms with E-state index >= 15 is 0 Å². The molecule has 2 atom stereocenters. The number of aromatic amines is 1. The number of amides is 1. The summed E-state index contributed by atoms with van der Waals surface area (Å²) in [5.41, 5.74) is 4.79. The number of rotatable bonds is 12. The molecule has 1 amide bonds. The number of carbonyl (C=O) groups excluding carboxylic acids is 1. The van der Waals surface area contributed by atoms with Crippen LogP contribution in [0.1, 0.15) is 53.6 Å². The number of hydrogen-bond donors (Lipinski definition) is 2. The molecule has 2 N–H and O–H groups in total. The number of carbonyl (C=O) groups is 1. The number of benzene rings is 3. The van der Waals surface area contributed by atoms with Gasteiger partial charge in [-0.15, -0.1) is 10.2 Å². The lowest BCUT2D eigenvalue weighted by Gasteiger charge is -2.40. The van der Waals surface area contributed by atoms with Gasteiger partial charge in [0, 0.05) is 30.1 Å². The Bertz CT molecular complexity index is 1590. The summed E-state index contributed by atoms with van der Waals surface area (Å²) in [5, 5.41) is 14.0. The zero-order valence-corrected chi connectivity index (χ0v) is 24.1. The summed E-state index contributed by atoms with van der Waals surface area (Å²) < 4.78 is 7.71. The predicted octanol–water partition coefficient (Wildman–Crippen LogP) is 5.44. The molecular weight excluding hydrogens is 524 g/mol. The Kier molecular flexibility index (Phi) is 8.61. The van der Waals surface area contributed by atoms with Crippen molar-refractivity contribution >= 4 is 17.3 Å². The van der Waals surface area contributed by atoms with Crippen LogP contribution in [0, 0.1) is 0 Å². The maximum absolute atomic E-state index is 11.7. The van der Waals surface area contributed by atoms with Gasteiger partial charge in [0.05, 0.1) is 25.9 Å². The van der Waals surface area contributed by atoms with E-state index in [1.54, 1.807) is 7.11 Å². The van der Waals surface area contributed by atoms with Crippen molar-refractivity contribution in [2.45, 2.75) is 57.3 Å². The van der Waals surface area contributed by atoms with Crippen LogP contribution in [-0.4, -0.2) is 50.9 Å². The van der Waals surface area contributed by atoms with Gasteiger partial charge in [-0.05, 0) is 67.0 Å². The fraction of sp³-hybridized carbons (Fsp3) is 0.324. The number of aromatic nitrogens is 4. The van der Waals surface area contributed by atoms with Crippen LogP contribution in [-0.2, 0) is 30.6 Å². The largest absolute Gasteiger partial charge is 0.497 e. The van der Waals surface area contributed by atoms with Gasteiger partial charge >= 0.3 is 0 Å². The first-order valence-electron chi connectivity index (χ1n) is 14.8. The molecule has 2 aromatic heterocycles. The third kappa shape index (κ3) is 6.09. The zero-order valence-electron chi connectivity index (χ0n) is 24.1. The summed E-state index contributed by atoms with van der Waals surface area (Å²) in [5.74, 6) is 2.73. The van der Waals surface area contributed by atoms with Gasteiger partial charge in [-0.25, -0.2) is 0 Å². The van der Waals surface area contributed by atoms with Crippen molar-refractivity contribution in [2.75, 3.05) is 13.7 Å². The van der Waals surface area contributed by atoms with Gasteiger partial charge in [0.25, 0.3) is 0 Å². The van der Waals surface area contributed by atoms with Crippen molar-refractivity contribution in [1.29, 1.82) is 0 Å². The Labute approximate surface area is 246 Å². The second-order valence-electron chi connectivity index (χ2n) is 11.0. The highest BCUT2D eigenvalue weighted by Crippen LogP contribution is 2.33. The number of para-hydroxylation sites is 1. The molecule has 0 radical (unpaired) electrons. The van der Waals surface area contributed by atoms with Crippen molar-refractivity contribution in [3.63, 3.8) is 0 Å². The maximum Gasteiger partial charge on any atom is 0.208 e. The molecule has 1 fully saturated rings. The van der Waals surface area contributed by atoms with Gasteiger partial charge in [-0.3, -0.25) is 9.69 Å². The molecule has 0 aliphatic carbocycles. The van der Waals surface area contributed by atoms with Crippen LogP contribution in [0.4, 0.5) is 0 Å². The van der Waals surface area contributed by atoms with E-state index in [0.29, 0.717) is 6.54 Å². The molecule has 3 aromatic carbocycles. The molecule has 1 aliphatic heterocycles. The number of ether oxygens (including phenoxy) is 1. The van der Waals surface area contributed by atoms with E-state index in [1.807, 2.05) is 18.2 Å². The van der Waals surface area contributed by atoms with Gasteiger partial charge < -0.3 is 19.6 Å². The third-order valence-corrected chi connectivity index (χ3v) is 8.43. The van der Waals surface area contributed by atoms with Gasteiger partial charge in [0.1, 0.15) is 11.6 Å². The molecule has 1 aliphatic rings. The van der Waals surface area contributed by atoms with E-state index in [9.17, 15) is 4.79 Å². The molecule has 0 unspecified atom stereocenters. The average Bonchev–Trinajstić information content (AvgIpc) is 3.64. The van der Waals surface area contributed by atoms with E-state index < -0.39 is 0 Å². The summed E-state index contributed by atoms with van der Waals surface area (Å²) >= 11 is 0. The number of methoxy groups -OCH3 is 1. The molecule has 0 bridgehead atoms. The number of aryl methyl sites for hydroxylation is 2. The Balaban J connectivity index is 1.41. The topological polar surface area (TPSA) is 88.1 Å². The smallest absolute Gasteiger partial charge is 0.208 e. The minimum atomic E-state index is -0.0711. The van der Waals surface area contributed by atoms with E-state index in [4.69, 9.17) is 14.9 Å². The van der Waals surface area contributed by atoms with Crippen LogP contribution in [0.5, 0.6) is 5.75 Å². The second kappa shape index (κ2) is 13.0. The highest BCUT2D eigenvalue weighted by Gasteiger charge is 2.34. The van der Waals surface area contributed by atoms with Crippen molar-refractivity contribution in [3.05, 3.63) is 113 Å². The van der Waals surface area contributed by atoms with Crippen LogP contribution < -0.4 is 10.1 Å². The summed E-state index contributed by atoms with van der Waals surface area (Å²) in [4.78, 5) is 17.5. The Morgan fingerprint density at radius 2 is 1.79 bits per heavy atom. The van der Waals surface area contributed by atoms with Crippen molar-refractivity contribution in [1.82, 2.24) is 30.0 Å². The lowest BCUT2D eigenvalue weighted by Crippen LogP contribution is -2.50. The van der Waals surface area contributed by atoms with Crippen LogP contribution in [0.2, 0.25) is 0 Å². The molecule has 8 nitrogen and oxygen atoms in total. The third-order valence-electron chi connectivity index (χ3n) is 8.43. The van der Waals surface area contributed by atoms with Crippen LogP contribution >= 0.6 is 0 Å². The van der Waals surface area contributed by atoms with E-state index in [-0.39, 0.29) is 12.2 Å². The number of nitrogens with zero attached hydrogens (tertiary/aromatic N) is 4. The van der Waals surface area contributed by atoms with Gasteiger partial charge in [-0.1, -0.05) is 60.7 Å². The predicted molar refractivity (Wildman–Crippen MR) is 164 cm³/mol. The van der Waals surface area contributed by atoms with Crippen LogP contribution in [0.3, 0.4) is 0 Å². The van der Waals surface area contributed by atoms with Crippen LogP contribution in [0.25, 0.3) is 10.9 Å². The lowest BCUT2D eigenvalue weighted by atomic mass is 9.98. The molecule has 42 heavy (non-hydrogen) atoms. The molecule has 1 saturated heterocycles. The summed E-state index contributed by atoms with van der Waals surface area (Å²) in [7, 11) is 1.69. The summed E-state index contributed by atoms with van der Waals surface area (Å²) in [6.45, 7) is 1.54. The molecule has 216 valence electrons. The fourth-order valence-electron chi connectivity index (χ4n) is 6.22. The fourth-order valence-corrected chi connectivity index (χ4v) is 6.22. The van der Waals surface area contributed by atoms with Crippen molar-refractivity contribution < 1.29 is 9.53 Å². The van der Waals surface area contributed by atoms with Gasteiger partial charge in [-0.2, -0.15) is 0 Å². The molecule has 6 rings (SSSR count). The number of piperidine rings is 1. The zero-order chi connectivity index (χ0) is 28.7. The SMILES string of the molecule is COc1ccc(Cn2c(CCc3ccccc3)nnc2[C@@H](Cc2c[nH]c3ccccc23)N2CCCC[C@H]2NC=O)cc1. The first kappa shape index (κ1) is 27.7. The maximum atomic E-state index is 11.7. The first-order chi connectivity index (χ1) is 20.7. The second-order valence-corrected chi connectivity index (χ2v) is 11.0. The van der Waals surface area contributed by atoms with Gasteiger partial charge in [0.15, 0.2) is 5.82 Å². The standard InChI is InChI=1S/C34H38N6O2/c1-42-28-17-14-26(15-18-28)23-40-33(19-16-25-9-3-2-4-10-25)37-38-34(40)31(39-20-8-7-13-32(39)36-24-41)21-27-22-35-30-12-6-5-11-29(27)30/h2-6,9-12,14-15,17-18,22,24,31-32,35H,7-8,13,16,19-21,23H2,1H3,(H,36,41)/t31-,32+/m1/s1. The highest BCUT2D eigenvalue weighted by atomic mass is 16.5. The molecule has 0 spiro atoms. The first-order valence-corrected chi connectivity index (χ1v) is 14.8. The minimum absolute atomic E-state index is 0.0506. The number of H-pyrrole nitrogens is 1. The Morgan fingerprint density at radius 3 is 2.60 bits per heavy atom. The Hall–Kier alpha value is -4.43. The van der Waals surface area contributed by atoms with E-state index in [2.05, 4.69) is 86.6 Å². The summed E-state index contributed by atoms with van der Waals surface area (Å²) in [6.07, 6.45) is 8.39. The number of hydrogen-bond acceptors (Lipinski definition) is 5. The minimum Gasteiger partial charge on any atom is -0.497 e. The molecule has 8 heteroatoms. The molecule has 3 heterocycles. The number of fused-ring (bicyclic) bond motifs is 1. The molecular formula is C34H38N6O2. The van der Waals surface area contributed by atoms with E-state index in [0.717, 1.165) is 80.0 Å². The Morgan fingerprint density at radius 1 is 0.976 bits per heavy atom. The van der Waals surface area contributed by atoms with Crippen molar-refractivity contribution in [2.24, 2.45) is 0 Å². The van der Waals surface area contributed by atoms with Crippen LogP contribution in [0.15, 0.2) is 85.1 Å². The quantitative estimate of drug-likeness (QED) is 0.198. The van der Waals surface area contributed by atoms with Gasteiger partial charge in [0.2, 0.25) is 6.41 Å². The van der Waals surface area contributed by atoms with E-state index in [1.165, 1.54) is 16.5 Å². The van der Waals surface area contributed by atoms with Crippen molar-refractivity contribution in [3.8, 4) is 5.75 Å². The monoisotopic (exact) mass is 562 g/mol. The average molecular weight is 563 g/mol. The number of likely N-dealkylation sites (tertiary alicyclic amines) is 1. The number of nitrogens with one attached hydrogen (secondary N) is 2. The lowest BCUT2D eigenvalue weighted by molar-refractivity contribution is -0.112. The summed E-state index contributed by atoms with van der Waals surface area (Å²) in [6, 6.07) is 27.1. The molecule has 0 saturated carbocycles. The highest BCUT2D eigenvalue weighted by molar-refractivity contribution is 5.83.